The van der Waals surface area contributed by atoms with Gasteiger partial charge in [-0.1, -0.05) is 18.2 Å². The molecule has 1 fully saturated rings. The van der Waals surface area contributed by atoms with Gasteiger partial charge in [-0.05, 0) is 44.4 Å². The summed E-state index contributed by atoms with van der Waals surface area (Å²) in [5, 5.41) is 0. The van der Waals surface area contributed by atoms with E-state index in [0.29, 0.717) is 12.6 Å². The molecule has 106 valence electrons. The van der Waals surface area contributed by atoms with Crippen LogP contribution in [0, 0.1) is 13.8 Å². The highest BCUT2D eigenvalue weighted by molar-refractivity contribution is 5.32. The molecule has 3 heteroatoms. The Balaban J connectivity index is 2.21. The van der Waals surface area contributed by atoms with Gasteiger partial charge in [-0.15, -0.1) is 0 Å². The zero-order valence-electron chi connectivity index (χ0n) is 12.5. The maximum absolute atomic E-state index is 6.03. The molecular weight excluding hydrogens is 236 g/mol. The first kappa shape index (κ1) is 14.5. The van der Waals surface area contributed by atoms with Crippen LogP contribution in [0.15, 0.2) is 18.2 Å². The molecule has 0 amide bonds. The summed E-state index contributed by atoms with van der Waals surface area (Å²) in [4.78, 5) is 2.46. The van der Waals surface area contributed by atoms with Crippen molar-refractivity contribution in [2.45, 2.75) is 45.9 Å². The van der Waals surface area contributed by atoms with Crippen molar-refractivity contribution in [1.82, 2.24) is 4.90 Å². The fraction of sp³-hybridized carbons (Fsp3) is 0.625. The third kappa shape index (κ3) is 3.35. The van der Waals surface area contributed by atoms with E-state index in [2.05, 4.69) is 50.8 Å². The maximum Gasteiger partial charge on any atom is 0.0678 e. The molecule has 1 aliphatic heterocycles. The number of nitrogens with two attached hydrogens (primary N) is 1. The zero-order valence-corrected chi connectivity index (χ0v) is 12.5. The number of nitrogens with zero attached hydrogens (tertiary/aromatic N) is 1. The summed E-state index contributed by atoms with van der Waals surface area (Å²) in [6.07, 6.45) is 0.564. The van der Waals surface area contributed by atoms with Gasteiger partial charge in [-0.2, -0.15) is 0 Å². The molecule has 0 unspecified atom stereocenters. The van der Waals surface area contributed by atoms with Crippen LogP contribution in [0.5, 0.6) is 0 Å². The summed E-state index contributed by atoms with van der Waals surface area (Å²) >= 11 is 0. The molecule has 1 aromatic carbocycles. The van der Waals surface area contributed by atoms with Crippen LogP contribution in [0.1, 0.15) is 36.6 Å². The van der Waals surface area contributed by atoms with Gasteiger partial charge in [0.2, 0.25) is 0 Å². The highest BCUT2D eigenvalue weighted by atomic mass is 16.5. The quantitative estimate of drug-likeness (QED) is 0.909. The molecule has 1 aliphatic rings. The van der Waals surface area contributed by atoms with E-state index >= 15 is 0 Å². The van der Waals surface area contributed by atoms with Gasteiger partial charge in [-0.3, -0.25) is 4.90 Å². The minimum Gasteiger partial charge on any atom is -0.373 e. The Morgan fingerprint density at radius 1 is 1.21 bits per heavy atom. The first-order chi connectivity index (χ1) is 9.01. The second-order valence-corrected chi connectivity index (χ2v) is 5.81. The normalized spacial score (nSPS) is 26.4. The van der Waals surface area contributed by atoms with Crippen LogP contribution >= 0.6 is 0 Å². The zero-order chi connectivity index (χ0) is 14.0. The van der Waals surface area contributed by atoms with Crippen molar-refractivity contribution in [2.75, 3.05) is 19.6 Å². The van der Waals surface area contributed by atoms with Crippen LogP contribution in [0.25, 0.3) is 0 Å². The van der Waals surface area contributed by atoms with Gasteiger partial charge in [0, 0.05) is 25.7 Å². The van der Waals surface area contributed by atoms with Crippen LogP contribution in [0.3, 0.4) is 0 Å². The van der Waals surface area contributed by atoms with E-state index in [4.69, 9.17) is 10.5 Å². The van der Waals surface area contributed by atoms with Gasteiger partial charge < -0.3 is 10.5 Å². The molecule has 1 aromatic rings. The van der Waals surface area contributed by atoms with E-state index in [1.165, 1.54) is 16.7 Å². The van der Waals surface area contributed by atoms with Gasteiger partial charge in [0.15, 0.2) is 0 Å². The highest BCUT2D eigenvalue weighted by Crippen LogP contribution is 2.25. The van der Waals surface area contributed by atoms with Gasteiger partial charge >= 0.3 is 0 Å². The highest BCUT2D eigenvalue weighted by Gasteiger charge is 2.28. The number of hydrogen-bond acceptors (Lipinski definition) is 3. The molecule has 1 heterocycles. The Morgan fingerprint density at radius 2 is 1.84 bits per heavy atom. The maximum atomic E-state index is 6.03. The van der Waals surface area contributed by atoms with Crippen LogP contribution in [-0.2, 0) is 4.74 Å². The Bertz CT molecular complexity index is 423. The van der Waals surface area contributed by atoms with Crippen LogP contribution in [-0.4, -0.2) is 36.7 Å². The monoisotopic (exact) mass is 262 g/mol. The van der Waals surface area contributed by atoms with Crippen LogP contribution in [0.4, 0.5) is 0 Å². The number of aryl methyl sites for hydroxylation is 2. The molecular formula is C16H26N2O. The van der Waals surface area contributed by atoms with Gasteiger partial charge in [0.25, 0.3) is 0 Å². The van der Waals surface area contributed by atoms with E-state index in [1.807, 2.05) is 0 Å². The molecule has 0 radical (unpaired) electrons. The second-order valence-electron chi connectivity index (χ2n) is 5.81. The number of morpholine rings is 1. The van der Waals surface area contributed by atoms with Crippen LogP contribution < -0.4 is 5.73 Å². The lowest BCUT2D eigenvalue weighted by atomic mass is 9.99. The third-order valence-electron chi connectivity index (χ3n) is 4.03. The summed E-state index contributed by atoms with van der Waals surface area (Å²) in [6, 6.07) is 6.98. The molecule has 0 spiro atoms. The standard InChI is InChI=1S/C16H26N2O/c1-11-5-6-15(7-12(11)2)16(8-17)18-9-13(3)19-14(4)10-18/h5-7,13-14,16H,8-10,17H2,1-4H3/t13-,14-,16-/m0/s1. The average Bonchev–Trinajstić information content (AvgIpc) is 2.33. The summed E-state index contributed by atoms with van der Waals surface area (Å²) in [6.45, 7) is 11.2. The van der Waals surface area contributed by atoms with Crippen molar-refractivity contribution in [2.24, 2.45) is 5.73 Å². The second kappa shape index (κ2) is 6.04. The van der Waals surface area contributed by atoms with Gasteiger partial charge in [0.1, 0.15) is 0 Å². The van der Waals surface area contributed by atoms with E-state index in [9.17, 15) is 0 Å². The minimum atomic E-state index is 0.282. The first-order valence-corrected chi connectivity index (χ1v) is 7.18. The van der Waals surface area contributed by atoms with E-state index in [0.717, 1.165) is 13.1 Å². The molecule has 0 aromatic heterocycles. The summed E-state index contributed by atoms with van der Waals surface area (Å²) in [5.41, 5.74) is 10.0. The Morgan fingerprint density at radius 3 is 2.37 bits per heavy atom. The molecule has 3 nitrogen and oxygen atoms in total. The van der Waals surface area contributed by atoms with Crippen molar-refractivity contribution < 1.29 is 4.74 Å². The average molecular weight is 262 g/mol. The van der Waals surface area contributed by atoms with E-state index in [-0.39, 0.29) is 12.2 Å². The predicted octanol–water partition coefficient (Wildman–Crippen LogP) is 2.41. The largest absolute Gasteiger partial charge is 0.373 e. The third-order valence-corrected chi connectivity index (χ3v) is 4.03. The molecule has 0 saturated carbocycles. The predicted molar refractivity (Wildman–Crippen MR) is 79.3 cm³/mol. The fourth-order valence-electron chi connectivity index (χ4n) is 2.94. The summed E-state index contributed by atoms with van der Waals surface area (Å²) in [7, 11) is 0. The molecule has 0 aliphatic carbocycles. The molecule has 0 bridgehead atoms. The van der Waals surface area contributed by atoms with Gasteiger partial charge in [-0.25, -0.2) is 0 Å². The molecule has 2 rings (SSSR count). The number of ether oxygens (including phenoxy) is 1. The molecule has 3 atom stereocenters. The lowest BCUT2D eigenvalue weighted by Gasteiger charge is -2.40. The van der Waals surface area contributed by atoms with Crippen LogP contribution in [0.2, 0.25) is 0 Å². The molecule has 1 saturated heterocycles. The summed E-state index contributed by atoms with van der Waals surface area (Å²) < 4.78 is 5.81. The number of hydrogen-bond donors (Lipinski definition) is 1. The van der Waals surface area contributed by atoms with E-state index in [1.54, 1.807) is 0 Å². The molecule has 19 heavy (non-hydrogen) atoms. The van der Waals surface area contributed by atoms with E-state index < -0.39 is 0 Å². The van der Waals surface area contributed by atoms with Crippen molar-refractivity contribution in [3.8, 4) is 0 Å². The Hall–Kier alpha value is -0.900. The minimum absolute atomic E-state index is 0.282. The topological polar surface area (TPSA) is 38.5 Å². The molecule has 2 N–H and O–H groups in total. The summed E-state index contributed by atoms with van der Waals surface area (Å²) in [5.74, 6) is 0. The number of benzene rings is 1. The lowest BCUT2D eigenvalue weighted by Crippen LogP contribution is -2.48. The van der Waals surface area contributed by atoms with Gasteiger partial charge in [0.05, 0.1) is 12.2 Å². The number of rotatable bonds is 3. The van der Waals surface area contributed by atoms with Crippen molar-refractivity contribution in [3.05, 3.63) is 34.9 Å². The Kier molecular flexibility index (Phi) is 4.61. The van der Waals surface area contributed by atoms with Crippen molar-refractivity contribution in [1.29, 1.82) is 0 Å². The van der Waals surface area contributed by atoms with Crippen molar-refractivity contribution in [3.63, 3.8) is 0 Å². The smallest absolute Gasteiger partial charge is 0.0678 e. The van der Waals surface area contributed by atoms with Crippen molar-refractivity contribution >= 4 is 0 Å². The Labute approximate surface area is 116 Å². The lowest BCUT2D eigenvalue weighted by molar-refractivity contribution is -0.0799. The first-order valence-electron chi connectivity index (χ1n) is 7.18. The fourth-order valence-corrected chi connectivity index (χ4v) is 2.94. The SMILES string of the molecule is Cc1ccc([C@H](CN)N2C[C@H](C)O[C@@H](C)C2)cc1C.